The van der Waals surface area contributed by atoms with Crippen molar-refractivity contribution in [2.24, 2.45) is 0 Å². The van der Waals surface area contributed by atoms with Gasteiger partial charge in [-0.15, -0.1) is 0 Å². The molecule has 3 aromatic rings. The maximum atomic E-state index is 5.45. The molecule has 0 fully saturated rings. The van der Waals surface area contributed by atoms with Crippen LogP contribution in [0.1, 0.15) is 19.5 Å². The topological polar surface area (TPSA) is 26.5 Å². The third kappa shape index (κ3) is 2.52. The van der Waals surface area contributed by atoms with Crippen LogP contribution >= 0.6 is 0 Å². The van der Waals surface area contributed by atoms with Crippen molar-refractivity contribution in [3.63, 3.8) is 0 Å². The summed E-state index contributed by atoms with van der Waals surface area (Å²) in [4.78, 5) is 4.40. The molecule has 0 aliphatic carbocycles. The van der Waals surface area contributed by atoms with Gasteiger partial charge in [0.05, 0.1) is 7.11 Å². The Morgan fingerprint density at radius 1 is 1.00 bits per heavy atom. The zero-order valence-corrected chi connectivity index (χ0v) is 12.4. The molecule has 0 amide bonds. The van der Waals surface area contributed by atoms with Gasteiger partial charge < -0.3 is 4.74 Å². The number of nitrogens with zero attached hydrogens (tertiary/aromatic N) is 2. The summed E-state index contributed by atoms with van der Waals surface area (Å²) in [6.07, 6.45) is 1.85. The van der Waals surface area contributed by atoms with Crippen LogP contribution in [0, 0.1) is 6.92 Å². The van der Waals surface area contributed by atoms with Crippen molar-refractivity contribution in [2.45, 2.75) is 20.8 Å². The predicted octanol–water partition coefficient (Wildman–Crippen LogP) is 4.34. The summed E-state index contributed by atoms with van der Waals surface area (Å²) in [5, 5.41) is 0. The lowest BCUT2D eigenvalue weighted by Crippen LogP contribution is -1.96. The van der Waals surface area contributed by atoms with Crippen LogP contribution in [0.25, 0.3) is 16.8 Å². The minimum atomic E-state index is 0.807. The molecule has 0 aliphatic heterocycles. The largest absolute Gasteiger partial charge is 0.482 e. The molecule has 0 bridgehead atoms. The van der Waals surface area contributed by atoms with Crippen LogP contribution in [-0.2, 0) is 0 Å². The van der Waals surface area contributed by atoms with E-state index in [0.29, 0.717) is 0 Å². The normalized spacial score (nSPS) is 10.0. The van der Waals surface area contributed by atoms with Gasteiger partial charge in [0.1, 0.15) is 5.65 Å². The fraction of sp³-hybridized carbons (Fsp3) is 0.235. The van der Waals surface area contributed by atoms with Gasteiger partial charge in [0.2, 0.25) is 0 Å². The van der Waals surface area contributed by atoms with Crippen molar-refractivity contribution in [3.8, 4) is 17.0 Å². The number of aryl methyl sites for hydroxylation is 1. The second kappa shape index (κ2) is 6.24. The minimum absolute atomic E-state index is 0.807. The first-order valence-corrected chi connectivity index (χ1v) is 6.87. The predicted molar refractivity (Wildman–Crippen MR) is 83.3 cm³/mol. The van der Waals surface area contributed by atoms with E-state index in [1.807, 2.05) is 55.6 Å². The number of hydrogen-bond acceptors (Lipinski definition) is 2. The van der Waals surface area contributed by atoms with Gasteiger partial charge in [0.15, 0.2) is 5.88 Å². The Labute approximate surface area is 119 Å². The molecule has 0 radical (unpaired) electrons. The number of imidazole rings is 1. The van der Waals surface area contributed by atoms with Crippen LogP contribution in [0.2, 0.25) is 0 Å². The number of benzene rings is 1. The third-order valence-corrected chi connectivity index (χ3v) is 3.07. The lowest BCUT2D eigenvalue weighted by molar-refractivity contribution is 0.391. The molecule has 0 unspecified atom stereocenters. The van der Waals surface area contributed by atoms with Crippen molar-refractivity contribution in [3.05, 3.63) is 54.4 Å². The van der Waals surface area contributed by atoms with Crippen molar-refractivity contribution >= 4 is 5.65 Å². The van der Waals surface area contributed by atoms with Crippen molar-refractivity contribution in [1.29, 1.82) is 0 Å². The standard InChI is InChI=1S/C15H14N2O.C2H6/c1-11-10-16-14-8-13(9-15(18-2)17(11)14)12-6-4-3-5-7-12;1-2/h3-10H,1-2H3;1-2H3. The Balaban J connectivity index is 0.000000704. The monoisotopic (exact) mass is 268 g/mol. The maximum Gasteiger partial charge on any atom is 0.199 e. The van der Waals surface area contributed by atoms with E-state index in [0.717, 1.165) is 22.8 Å². The number of ether oxygens (including phenoxy) is 1. The lowest BCUT2D eigenvalue weighted by atomic mass is 10.1. The van der Waals surface area contributed by atoms with Crippen LogP contribution in [0.3, 0.4) is 0 Å². The van der Waals surface area contributed by atoms with Crippen LogP contribution in [0.5, 0.6) is 5.88 Å². The molecular weight excluding hydrogens is 248 g/mol. The Kier molecular flexibility index (Phi) is 4.41. The summed E-state index contributed by atoms with van der Waals surface area (Å²) in [7, 11) is 1.68. The van der Waals surface area contributed by atoms with E-state index in [2.05, 4.69) is 23.2 Å². The zero-order chi connectivity index (χ0) is 14.5. The van der Waals surface area contributed by atoms with Crippen molar-refractivity contribution < 1.29 is 4.74 Å². The van der Waals surface area contributed by atoms with Gasteiger partial charge in [-0.2, -0.15) is 0 Å². The first-order valence-electron chi connectivity index (χ1n) is 6.87. The summed E-state index contributed by atoms with van der Waals surface area (Å²) in [5.74, 6) is 0.807. The van der Waals surface area contributed by atoms with E-state index in [4.69, 9.17) is 4.74 Å². The van der Waals surface area contributed by atoms with Gasteiger partial charge >= 0.3 is 0 Å². The quantitative estimate of drug-likeness (QED) is 0.691. The summed E-state index contributed by atoms with van der Waals surface area (Å²) < 4.78 is 7.46. The summed E-state index contributed by atoms with van der Waals surface area (Å²) in [6, 6.07) is 14.4. The van der Waals surface area contributed by atoms with E-state index in [1.54, 1.807) is 7.11 Å². The first-order chi connectivity index (χ1) is 9.79. The number of aromatic nitrogens is 2. The zero-order valence-electron chi connectivity index (χ0n) is 12.4. The minimum Gasteiger partial charge on any atom is -0.482 e. The molecule has 0 spiro atoms. The smallest absolute Gasteiger partial charge is 0.199 e. The number of rotatable bonds is 2. The van der Waals surface area contributed by atoms with Crippen LogP contribution in [0.15, 0.2) is 48.7 Å². The van der Waals surface area contributed by atoms with Crippen molar-refractivity contribution in [2.75, 3.05) is 7.11 Å². The summed E-state index contributed by atoms with van der Waals surface area (Å²) >= 11 is 0. The third-order valence-electron chi connectivity index (χ3n) is 3.07. The number of fused-ring (bicyclic) bond motifs is 1. The van der Waals surface area contributed by atoms with E-state index in [9.17, 15) is 0 Å². The molecule has 104 valence electrons. The Morgan fingerprint density at radius 3 is 2.35 bits per heavy atom. The fourth-order valence-electron chi connectivity index (χ4n) is 2.17. The first kappa shape index (κ1) is 14.1. The Bertz CT molecular complexity index is 687. The highest BCUT2D eigenvalue weighted by Gasteiger charge is 2.08. The highest BCUT2D eigenvalue weighted by Crippen LogP contribution is 2.26. The Hall–Kier alpha value is -2.29. The van der Waals surface area contributed by atoms with Crippen molar-refractivity contribution in [1.82, 2.24) is 9.38 Å². The number of pyridine rings is 1. The van der Waals surface area contributed by atoms with Crippen LogP contribution in [-0.4, -0.2) is 16.5 Å². The molecule has 20 heavy (non-hydrogen) atoms. The molecule has 0 saturated heterocycles. The van der Waals surface area contributed by atoms with E-state index >= 15 is 0 Å². The molecule has 1 aromatic carbocycles. The van der Waals surface area contributed by atoms with Gasteiger partial charge in [-0.05, 0) is 24.1 Å². The highest BCUT2D eigenvalue weighted by molar-refractivity contribution is 5.69. The lowest BCUT2D eigenvalue weighted by Gasteiger charge is -2.09. The molecule has 3 rings (SSSR count). The number of methoxy groups -OCH3 is 1. The summed E-state index contributed by atoms with van der Waals surface area (Å²) in [6.45, 7) is 6.02. The SMILES string of the molecule is CC.COc1cc(-c2ccccc2)cc2ncc(C)n12. The maximum absolute atomic E-state index is 5.45. The average molecular weight is 268 g/mol. The average Bonchev–Trinajstić information content (AvgIpc) is 2.91. The molecule has 0 N–H and O–H groups in total. The molecule has 0 atom stereocenters. The molecular formula is C17H20N2O. The van der Waals surface area contributed by atoms with Gasteiger partial charge in [-0.1, -0.05) is 44.2 Å². The second-order valence-corrected chi connectivity index (χ2v) is 4.25. The van der Waals surface area contributed by atoms with Gasteiger partial charge in [-0.25, -0.2) is 4.98 Å². The molecule has 2 heterocycles. The fourth-order valence-corrected chi connectivity index (χ4v) is 2.17. The van der Waals surface area contributed by atoms with E-state index < -0.39 is 0 Å². The van der Waals surface area contributed by atoms with Gasteiger partial charge in [0, 0.05) is 18.0 Å². The molecule has 3 heteroatoms. The summed E-state index contributed by atoms with van der Waals surface area (Å²) in [5.41, 5.74) is 4.26. The highest BCUT2D eigenvalue weighted by atomic mass is 16.5. The second-order valence-electron chi connectivity index (χ2n) is 4.25. The Morgan fingerprint density at radius 2 is 1.70 bits per heavy atom. The molecule has 2 aromatic heterocycles. The molecule has 3 nitrogen and oxygen atoms in total. The molecule has 0 aliphatic rings. The van der Waals surface area contributed by atoms with Crippen LogP contribution < -0.4 is 4.74 Å². The number of hydrogen-bond donors (Lipinski definition) is 0. The van der Waals surface area contributed by atoms with Crippen LogP contribution in [0.4, 0.5) is 0 Å². The van der Waals surface area contributed by atoms with Gasteiger partial charge in [0.25, 0.3) is 0 Å². The van der Waals surface area contributed by atoms with Gasteiger partial charge in [-0.3, -0.25) is 4.40 Å². The molecule has 0 saturated carbocycles. The van der Waals surface area contributed by atoms with E-state index in [1.165, 1.54) is 5.56 Å². The van der Waals surface area contributed by atoms with E-state index in [-0.39, 0.29) is 0 Å².